The molecular weight excluding hydrogens is 388 g/mol. The van der Waals surface area contributed by atoms with Crippen LogP contribution in [0.5, 0.6) is 5.75 Å². The fourth-order valence-corrected chi connectivity index (χ4v) is 3.02. The van der Waals surface area contributed by atoms with Crippen LogP contribution in [0.4, 0.5) is 0 Å². The van der Waals surface area contributed by atoms with Gasteiger partial charge in [-0.15, -0.1) is 0 Å². The number of methoxy groups -OCH3 is 1. The van der Waals surface area contributed by atoms with E-state index in [1.807, 2.05) is 13.8 Å². The lowest BCUT2D eigenvalue weighted by Crippen LogP contribution is -2.09. The van der Waals surface area contributed by atoms with Crippen LogP contribution in [-0.4, -0.2) is 23.8 Å². The van der Waals surface area contributed by atoms with Gasteiger partial charge in [-0.1, -0.05) is 25.4 Å². The van der Waals surface area contributed by atoms with Crippen molar-refractivity contribution in [1.29, 1.82) is 5.26 Å². The Morgan fingerprint density at radius 3 is 2.59 bits per heavy atom. The molecule has 29 heavy (non-hydrogen) atoms. The quantitative estimate of drug-likeness (QED) is 0.486. The van der Waals surface area contributed by atoms with Gasteiger partial charge in [-0.25, -0.2) is 0 Å². The van der Waals surface area contributed by atoms with Crippen LogP contribution in [0.15, 0.2) is 47.6 Å². The van der Waals surface area contributed by atoms with Gasteiger partial charge in [-0.3, -0.25) is 9.78 Å². The van der Waals surface area contributed by atoms with Crippen molar-refractivity contribution in [3.63, 3.8) is 0 Å². The molecule has 1 heterocycles. The number of fused-ring (bicyclic) bond motifs is 1. The number of rotatable bonds is 3. The van der Waals surface area contributed by atoms with Crippen LogP contribution in [0.3, 0.4) is 0 Å². The Balaban J connectivity index is 0.00000145. The summed E-state index contributed by atoms with van der Waals surface area (Å²) in [5.74, 6) is 0.226. The standard InChI is InChI=1S/C20H15ClN4O2.C2H6/c1-11(23)25-20(26)13-4-6-17-15(8-13)19(16(21)10-24-17)14-5-3-12(9-22)7-18(14)27-2;1-2/h3-8,10H,1-2H3,(H2,23,25,26);1-2H3. The molecule has 148 valence electrons. The molecule has 2 aromatic carbocycles. The van der Waals surface area contributed by atoms with Crippen molar-refractivity contribution in [3.8, 4) is 22.9 Å². The van der Waals surface area contributed by atoms with E-state index < -0.39 is 5.91 Å². The van der Waals surface area contributed by atoms with Crippen LogP contribution in [0.25, 0.3) is 22.0 Å². The maximum absolute atomic E-state index is 12.3. The first-order valence-corrected chi connectivity index (χ1v) is 9.34. The molecule has 0 unspecified atom stereocenters. The highest BCUT2D eigenvalue weighted by molar-refractivity contribution is 6.35. The van der Waals surface area contributed by atoms with Gasteiger partial charge in [0.1, 0.15) is 11.6 Å². The topological polar surface area (TPSA) is 101 Å². The van der Waals surface area contributed by atoms with Gasteiger partial charge in [0.05, 0.1) is 29.3 Å². The van der Waals surface area contributed by atoms with Crippen LogP contribution in [0.2, 0.25) is 5.02 Å². The molecule has 1 amide bonds. The van der Waals surface area contributed by atoms with E-state index in [2.05, 4.69) is 16.0 Å². The summed E-state index contributed by atoms with van der Waals surface area (Å²) >= 11 is 6.44. The number of aliphatic imine (C=N–C) groups is 1. The number of carbonyl (C=O) groups is 1. The average Bonchev–Trinajstić information content (AvgIpc) is 2.74. The highest BCUT2D eigenvalue weighted by Gasteiger charge is 2.16. The lowest BCUT2D eigenvalue weighted by molar-refractivity contribution is 0.100. The van der Waals surface area contributed by atoms with Gasteiger partial charge >= 0.3 is 0 Å². The summed E-state index contributed by atoms with van der Waals surface area (Å²) in [6.45, 7) is 5.55. The Kier molecular flexibility index (Phi) is 7.29. The lowest BCUT2D eigenvalue weighted by atomic mass is 9.97. The Morgan fingerprint density at radius 2 is 1.97 bits per heavy atom. The van der Waals surface area contributed by atoms with E-state index in [-0.39, 0.29) is 5.84 Å². The van der Waals surface area contributed by atoms with Crippen molar-refractivity contribution in [3.05, 3.63) is 58.7 Å². The maximum atomic E-state index is 12.3. The normalized spacial score (nSPS) is 10.7. The van der Waals surface area contributed by atoms with Crippen LogP contribution in [0, 0.1) is 11.3 Å². The predicted molar refractivity (Wildman–Crippen MR) is 116 cm³/mol. The monoisotopic (exact) mass is 408 g/mol. The van der Waals surface area contributed by atoms with Crippen LogP contribution >= 0.6 is 11.6 Å². The third-order valence-electron chi connectivity index (χ3n) is 3.95. The second-order valence-electron chi connectivity index (χ2n) is 5.80. The number of ether oxygens (including phenoxy) is 1. The summed E-state index contributed by atoms with van der Waals surface area (Å²) in [7, 11) is 1.52. The molecule has 0 fully saturated rings. The number of hydrogen-bond donors (Lipinski definition) is 1. The number of benzene rings is 2. The Morgan fingerprint density at radius 1 is 1.24 bits per heavy atom. The zero-order chi connectivity index (χ0) is 21.6. The minimum atomic E-state index is -0.449. The summed E-state index contributed by atoms with van der Waals surface area (Å²) in [4.78, 5) is 20.4. The molecule has 0 radical (unpaired) electrons. The summed E-state index contributed by atoms with van der Waals surface area (Å²) < 4.78 is 5.44. The van der Waals surface area contributed by atoms with E-state index in [4.69, 9.17) is 27.3 Å². The number of amidine groups is 1. The molecule has 0 saturated carbocycles. The van der Waals surface area contributed by atoms with Crippen molar-refractivity contribution in [2.24, 2.45) is 10.7 Å². The molecule has 0 aliphatic carbocycles. The van der Waals surface area contributed by atoms with Crippen molar-refractivity contribution in [1.82, 2.24) is 4.98 Å². The molecule has 0 aliphatic heterocycles. The van der Waals surface area contributed by atoms with Crippen LogP contribution < -0.4 is 10.5 Å². The molecule has 3 aromatic rings. The third-order valence-corrected chi connectivity index (χ3v) is 4.23. The molecule has 1 aromatic heterocycles. The summed E-state index contributed by atoms with van der Waals surface area (Å²) in [6, 6.07) is 12.2. The van der Waals surface area contributed by atoms with Crippen molar-refractivity contribution >= 4 is 34.2 Å². The summed E-state index contributed by atoms with van der Waals surface area (Å²) in [6.07, 6.45) is 1.54. The number of nitriles is 1. The highest BCUT2D eigenvalue weighted by Crippen LogP contribution is 2.39. The molecule has 7 heteroatoms. The molecule has 0 spiro atoms. The van der Waals surface area contributed by atoms with E-state index in [1.54, 1.807) is 49.5 Å². The Bertz CT molecular complexity index is 1130. The first kappa shape index (κ1) is 21.9. The van der Waals surface area contributed by atoms with Crippen LogP contribution in [-0.2, 0) is 0 Å². The van der Waals surface area contributed by atoms with Gasteiger partial charge in [0.25, 0.3) is 5.91 Å². The van der Waals surface area contributed by atoms with Gasteiger partial charge in [0.2, 0.25) is 0 Å². The Hall–Kier alpha value is -3.43. The number of halogens is 1. The molecule has 2 N–H and O–H groups in total. The van der Waals surface area contributed by atoms with E-state index in [0.717, 1.165) is 0 Å². The molecular formula is C22H21ClN4O2. The number of nitrogens with zero attached hydrogens (tertiary/aromatic N) is 3. The van der Waals surface area contributed by atoms with Gasteiger partial charge in [0, 0.05) is 28.3 Å². The molecule has 3 rings (SSSR count). The zero-order valence-electron chi connectivity index (χ0n) is 16.7. The van der Waals surface area contributed by atoms with E-state index in [1.165, 1.54) is 7.11 Å². The number of hydrogen-bond acceptors (Lipinski definition) is 4. The number of nitrogens with two attached hydrogens (primary N) is 1. The van der Waals surface area contributed by atoms with Gasteiger partial charge < -0.3 is 10.5 Å². The van der Waals surface area contributed by atoms with Crippen molar-refractivity contribution < 1.29 is 9.53 Å². The molecule has 0 aliphatic rings. The van der Waals surface area contributed by atoms with Gasteiger partial charge in [-0.05, 0) is 43.3 Å². The number of carbonyl (C=O) groups excluding carboxylic acids is 1. The maximum Gasteiger partial charge on any atom is 0.278 e. The van der Waals surface area contributed by atoms with E-state index in [9.17, 15) is 4.79 Å². The van der Waals surface area contributed by atoms with E-state index in [0.29, 0.717) is 43.9 Å². The first-order chi connectivity index (χ1) is 13.9. The smallest absolute Gasteiger partial charge is 0.278 e. The average molecular weight is 409 g/mol. The van der Waals surface area contributed by atoms with Gasteiger partial charge in [0.15, 0.2) is 0 Å². The number of amides is 1. The highest BCUT2D eigenvalue weighted by atomic mass is 35.5. The molecule has 0 bridgehead atoms. The number of aromatic nitrogens is 1. The third kappa shape index (κ3) is 4.71. The number of pyridine rings is 1. The minimum absolute atomic E-state index is 0.179. The van der Waals surface area contributed by atoms with E-state index >= 15 is 0 Å². The molecule has 0 saturated heterocycles. The molecule has 6 nitrogen and oxygen atoms in total. The van der Waals surface area contributed by atoms with Crippen molar-refractivity contribution in [2.45, 2.75) is 20.8 Å². The minimum Gasteiger partial charge on any atom is -0.496 e. The van der Waals surface area contributed by atoms with Gasteiger partial charge in [-0.2, -0.15) is 10.3 Å². The summed E-state index contributed by atoms with van der Waals surface area (Å²) in [5.41, 5.74) is 8.35. The second-order valence-corrected chi connectivity index (χ2v) is 6.21. The SMILES string of the molecule is CC.COc1cc(C#N)ccc1-c1c(Cl)cnc2ccc(C(=O)N=C(C)N)cc12. The zero-order valence-corrected chi connectivity index (χ0v) is 17.4. The second kappa shape index (κ2) is 9.67. The first-order valence-electron chi connectivity index (χ1n) is 8.96. The fourth-order valence-electron chi connectivity index (χ4n) is 2.77. The van der Waals surface area contributed by atoms with Crippen molar-refractivity contribution in [2.75, 3.05) is 7.11 Å². The molecule has 0 atom stereocenters. The fraction of sp³-hybridized carbons (Fsp3) is 0.182. The Labute approximate surface area is 174 Å². The lowest BCUT2D eigenvalue weighted by Gasteiger charge is -2.13. The summed E-state index contributed by atoms with van der Waals surface area (Å²) in [5, 5.41) is 10.2. The largest absolute Gasteiger partial charge is 0.496 e. The van der Waals surface area contributed by atoms with Crippen LogP contribution in [0.1, 0.15) is 36.7 Å². The predicted octanol–water partition coefficient (Wildman–Crippen LogP) is 4.98.